The molecule has 1 aliphatic carbocycles. The zero-order valence-electron chi connectivity index (χ0n) is 14.7. The van der Waals surface area contributed by atoms with Crippen LogP contribution in [-0.2, 0) is 19.4 Å². The largest absolute Gasteiger partial charge is 0.360 e. The second-order valence-electron chi connectivity index (χ2n) is 7.28. The average molecular weight is 343 g/mol. The lowest BCUT2D eigenvalue weighted by Crippen LogP contribution is -2.31. The Balaban J connectivity index is 1.27. The number of aromatic amines is 1. The van der Waals surface area contributed by atoms with Gasteiger partial charge in [-0.3, -0.25) is 14.8 Å². The molecule has 3 heterocycles. The van der Waals surface area contributed by atoms with E-state index in [1.165, 1.54) is 0 Å². The molecule has 25 heavy (non-hydrogen) atoms. The van der Waals surface area contributed by atoms with Gasteiger partial charge in [-0.15, -0.1) is 0 Å². The van der Waals surface area contributed by atoms with Crippen molar-refractivity contribution < 1.29 is 9.32 Å². The number of hydrogen-bond acceptors (Lipinski definition) is 5. The molecule has 0 spiro atoms. The van der Waals surface area contributed by atoms with Crippen LogP contribution in [0.5, 0.6) is 0 Å². The molecule has 1 amide bonds. The molecular weight excluding hydrogens is 318 g/mol. The van der Waals surface area contributed by atoms with Crippen LogP contribution in [0, 0.1) is 12.8 Å². The topological polar surface area (TPSA) is 87.1 Å². The van der Waals surface area contributed by atoms with Crippen LogP contribution >= 0.6 is 0 Å². The number of aromatic nitrogens is 3. The number of nitrogens with zero attached hydrogens (tertiary/aromatic N) is 3. The first-order valence-corrected chi connectivity index (χ1v) is 9.18. The van der Waals surface area contributed by atoms with E-state index in [0.717, 1.165) is 74.4 Å². The molecule has 2 aromatic heterocycles. The minimum atomic E-state index is -0.0896. The third-order valence-corrected chi connectivity index (χ3v) is 5.23. The fourth-order valence-corrected chi connectivity index (χ4v) is 3.89. The van der Waals surface area contributed by atoms with Crippen LogP contribution in [0.15, 0.2) is 10.6 Å². The summed E-state index contributed by atoms with van der Waals surface area (Å²) in [5.74, 6) is 1.29. The number of carbonyl (C=O) groups is 1. The summed E-state index contributed by atoms with van der Waals surface area (Å²) in [5, 5.41) is 14.3. The molecule has 1 saturated heterocycles. The van der Waals surface area contributed by atoms with E-state index in [2.05, 4.69) is 31.6 Å². The summed E-state index contributed by atoms with van der Waals surface area (Å²) in [6.07, 6.45) is 5.14. The maximum Gasteiger partial charge on any atom is 0.273 e. The Hall–Kier alpha value is -2.15. The van der Waals surface area contributed by atoms with Crippen LogP contribution < -0.4 is 5.32 Å². The van der Waals surface area contributed by atoms with Gasteiger partial charge in [0, 0.05) is 37.3 Å². The minimum Gasteiger partial charge on any atom is -0.360 e. The van der Waals surface area contributed by atoms with Crippen LogP contribution in [0.3, 0.4) is 0 Å². The number of H-pyrrole nitrogens is 1. The zero-order valence-corrected chi connectivity index (χ0v) is 14.7. The summed E-state index contributed by atoms with van der Waals surface area (Å²) in [5.41, 5.74) is 3.69. The van der Waals surface area contributed by atoms with Gasteiger partial charge in [0.2, 0.25) is 0 Å². The van der Waals surface area contributed by atoms with E-state index < -0.39 is 0 Å². The highest BCUT2D eigenvalue weighted by molar-refractivity contribution is 5.93. The monoisotopic (exact) mass is 343 g/mol. The molecule has 4 rings (SSSR count). The van der Waals surface area contributed by atoms with Crippen molar-refractivity contribution in [3.63, 3.8) is 0 Å². The van der Waals surface area contributed by atoms with Crippen molar-refractivity contribution >= 4 is 5.91 Å². The van der Waals surface area contributed by atoms with Gasteiger partial charge in [0.15, 0.2) is 5.69 Å². The third-order valence-electron chi connectivity index (χ3n) is 5.23. The van der Waals surface area contributed by atoms with Crippen LogP contribution in [0.2, 0.25) is 0 Å². The highest BCUT2D eigenvalue weighted by Crippen LogP contribution is 2.24. The van der Waals surface area contributed by atoms with E-state index in [0.29, 0.717) is 18.2 Å². The van der Waals surface area contributed by atoms with Crippen LogP contribution in [0.25, 0.3) is 0 Å². The molecule has 2 aliphatic rings. The normalized spacial score (nSPS) is 20.6. The highest BCUT2D eigenvalue weighted by atomic mass is 16.5. The SMILES string of the molecule is Cc1cc(CN2CC[C@H](CNC(=O)c3noc4c3CCCC4)C2)n[nH]1. The standard InChI is InChI=1S/C18H25N5O2/c1-12-8-14(21-20-12)11-23-7-6-13(10-23)9-19-18(24)17-15-4-2-3-5-16(15)25-22-17/h8,13H,2-7,9-11H2,1H3,(H,19,24)(H,20,21)/t13-/m1/s1. The molecule has 0 bridgehead atoms. The molecule has 2 N–H and O–H groups in total. The fourth-order valence-electron chi connectivity index (χ4n) is 3.89. The lowest BCUT2D eigenvalue weighted by molar-refractivity contribution is 0.0937. The van der Waals surface area contributed by atoms with Gasteiger partial charge in [0.1, 0.15) is 5.76 Å². The first-order chi connectivity index (χ1) is 12.2. The van der Waals surface area contributed by atoms with Crippen LogP contribution in [0.1, 0.15) is 52.5 Å². The first kappa shape index (κ1) is 16.3. The molecule has 7 heteroatoms. The summed E-state index contributed by atoms with van der Waals surface area (Å²) < 4.78 is 5.34. The number of fused-ring (bicyclic) bond motifs is 1. The van der Waals surface area contributed by atoms with Crippen LogP contribution in [0.4, 0.5) is 0 Å². The van der Waals surface area contributed by atoms with E-state index in [1.54, 1.807) is 0 Å². The Morgan fingerprint density at radius 3 is 3.16 bits per heavy atom. The van der Waals surface area contributed by atoms with Crippen molar-refractivity contribution in [2.75, 3.05) is 19.6 Å². The van der Waals surface area contributed by atoms with Crippen LogP contribution in [-0.4, -0.2) is 45.8 Å². The molecule has 0 unspecified atom stereocenters. The van der Waals surface area contributed by atoms with E-state index >= 15 is 0 Å². The maximum absolute atomic E-state index is 12.4. The van der Waals surface area contributed by atoms with Gasteiger partial charge in [0.05, 0.1) is 5.69 Å². The highest BCUT2D eigenvalue weighted by Gasteiger charge is 2.26. The molecule has 0 aromatic carbocycles. The maximum atomic E-state index is 12.4. The quantitative estimate of drug-likeness (QED) is 0.865. The number of aryl methyl sites for hydroxylation is 2. The fraction of sp³-hybridized carbons (Fsp3) is 0.611. The van der Waals surface area contributed by atoms with E-state index in [-0.39, 0.29) is 5.91 Å². The van der Waals surface area contributed by atoms with E-state index in [9.17, 15) is 4.79 Å². The average Bonchev–Trinajstić information content (AvgIpc) is 3.33. The summed E-state index contributed by atoms with van der Waals surface area (Å²) in [6.45, 7) is 5.61. The van der Waals surface area contributed by atoms with Gasteiger partial charge in [-0.2, -0.15) is 5.10 Å². The predicted octanol–water partition coefficient (Wildman–Crippen LogP) is 1.84. The molecule has 134 valence electrons. The molecule has 7 nitrogen and oxygen atoms in total. The van der Waals surface area contributed by atoms with Crippen molar-refractivity contribution in [3.05, 3.63) is 34.5 Å². The van der Waals surface area contributed by atoms with Crippen molar-refractivity contribution in [1.29, 1.82) is 0 Å². The van der Waals surface area contributed by atoms with E-state index in [4.69, 9.17) is 4.52 Å². The van der Waals surface area contributed by atoms with Gasteiger partial charge >= 0.3 is 0 Å². The van der Waals surface area contributed by atoms with Crippen molar-refractivity contribution in [3.8, 4) is 0 Å². The Kier molecular flexibility index (Phi) is 4.57. The molecule has 1 atom stereocenters. The molecular formula is C18H25N5O2. The molecule has 0 radical (unpaired) electrons. The Morgan fingerprint density at radius 2 is 2.32 bits per heavy atom. The Morgan fingerprint density at radius 1 is 1.44 bits per heavy atom. The lowest BCUT2D eigenvalue weighted by Gasteiger charge is -2.15. The first-order valence-electron chi connectivity index (χ1n) is 9.18. The third kappa shape index (κ3) is 3.61. The van der Waals surface area contributed by atoms with Gasteiger partial charge < -0.3 is 9.84 Å². The molecule has 0 saturated carbocycles. The predicted molar refractivity (Wildman–Crippen MR) is 92.2 cm³/mol. The number of hydrogen-bond donors (Lipinski definition) is 2. The molecule has 1 fully saturated rings. The van der Waals surface area contributed by atoms with Crippen molar-refractivity contribution in [1.82, 2.24) is 25.6 Å². The summed E-state index contributed by atoms with van der Waals surface area (Å²) in [6, 6.07) is 2.09. The smallest absolute Gasteiger partial charge is 0.273 e. The molecule has 2 aromatic rings. The Bertz CT molecular complexity index is 750. The van der Waals surface area contributed by atoms with Gasteiger partial charge in [-0.25, -0.2) is 0 Å². The second-order valence-corrected chi connectivity index (χ2v) is 7.28. The lowest BCUT2D eigenvalue weighted by atomic mass is 9.96. The van der Waals surface area contributed by atoms with Crippen molar-refractivity contribution in [2.45, 2.75) is 45.6 Å². The number of nitrogens with one attached hydrogen (secondary N) is 2. The van der Waals surface area contributed by atoms with Gasteiger partial charge in [-0.05, 0) is 51.1 Å². The number of amides is 1. The summed E-state index contributed by atoms with van der Waals surface area (Å²) in [4.78, 5) is 14.8. The number of likely N-dealkylation sites (tertiary alicyclic amines) is 1. The van der Waals surface area contributed by atoms with Gasteiger partial charge in [0.25, 0.3) is 5.91 Å². The summed E-state index contributed by atoms with van der Waals surface area (Å²) in [7, 11) is 0. The van der Waals surface area contributed by atoms with Crippen molar-refractivity contribution in [2.24, 2.45) is 5.92 Å². The Labute approximate surface area is 147 Å². The zero-order chi connectivity index (χ0) is 17.2. The van der Waals surface area contributed by atoms with E-state index in [1.807, 2.05) is 6.92 Å². The number of carbonyl (C=O) groups excluding carboxylic acids is 1. The number of rotatable bonds is 5. The second kappa shape index (κ2) is 7.00. The summed E-state index contributed by atoms with van der Waals surface area (Å²) >= 11 is 0. The van der Waals surface area contributed by atoms with Gasteiger partial charge in [-0.1, -0.05) is 5.16 Å². The minimum absolute atomic E-state index is 0.0896. The molecule has 1 aliphatic heterocycles.